The predicted octanol–water partition coefficient (Wildman–Crippen LogP) is 4.19. The molecule has 1 aromatic carbocycles. The maximum Gasteiger partial charge on any atom is 0.329 e. The van der Waals surface area contributed by atoms with Crippen molar-refractivity contribution in [3.63, 3.8) is 0 Å². The van der Waals surface area contributed by atoms with Gasteiger partial charge in [-0.1, -0.05) is 104 Å². The van der Waals surface area contributed by atoms with Gasteiger partial charge in [0.25, 0.3) is 5.91 Å². The SMILES string of the molecule is C=CC(C)(C)[C@@H]1C[C@@H](C(=O)NC(CC2CCC2)C(=O)C(N)=O)N(C(=O)[C@@H](NC(=O)N[C@H](C(=O)O[C@H](C)c2ccccc2)C(C)C)C(C)(C)C)C1. The van der Waals surface area contributed by atoms with Crippen molar-refractivity contribution < 1.29 is 33.5 Å². The van der Waals surface area contributed by atoms with Crippen LogP contribution in [0.25, 0.3) is 0 Å². The van der Waals surface area contributed by atoms with Crippen LogP contribution in [0.1, 0.15) is 99.2 Å². The number of hydrogen-bond acceptors (Lipinski definition) is 7. The molecule has 1 heterocycles. The van der Waals surface area contributed by atoms with Gasteiger partial charge < -0.3 is 31.3 Å². The van der Waals surface area contributed by atoms with E-state index in [2.05, 4.69) is 22.5 Å². The molecule has 0 radical (unpaired) electrons. The number of nitrogens with zero attached hydrogens (tertiary/aromatic N) is 1. The van der Waals surface area contributed by atoms with Gasteiger partial charge in [0.05, 0.1) is 6.04 Å². The Morgan fingerprint density at radius 1 is 0.980 bits per heavy atom. The molecule has 0 bridgehead atoms. The van der Waals surface area contributed by atoms with E-state index in [1.165, 1.54) is 4.90 Å². The van der Waals surface area contributed by atoms with Gasteiger partial charge >= 0.3 is 12.0 Å². The summed E-state index contributed by atoms with van der Waals surface area (Å²) in [6.07, 6.45) is 4.62. The summed E-state index contributed by atoms with van der Waals surface area (Å²) in [5.74, 6) is -3.97. The molecule has 50 heavy (non-hydrogen) atoms. The highest BCUT2D eigenvalue weighted by atomic mass is 16.5. The van der Waals surface area contributed by atoms with E-state index < -0.39 is 76.6 Å². The van der Waals surface area contributed by atoms with E-state index in [4.69, 9.17) is 10.5 Å². The number of urea groups is 1. The second-order valence-electron chi connectivity index (χ2n) is 15.9. The van der Waals surface area contributed by atoms with Gasteiger partial charge in [-0.15, -0.1) is 6.58 Å². The first-order valence-electron chi connectivity index (χ1n) is 17.7. The number of ketones is 1. The van der Waals surface area contributed by atoms with Gasteiger partial charge in [-0.05, 0) is 53.9 Å². The molecule has 0 aromatic heterocycles. The molecule has 12 heteroatoms. The molecule has 2 aliphatic rings. The summed E-state index contributed by atoms with van der Waals surface area (Å²) in [6, 6.07) is 4.33. The van der Waals surface area contributed by atoms with Crippen molar-refractivity contribution in [2.75, 3.05) is 6.54 Å². The number of amides is 5. The Hall–Kier alpha value is -4.22. The van der Waals surface area contributed by atoms with E-state index >= 15 is 0 Å². The molecule has 276 valence electrons. The molecule has 1 aliphatic heterocycles. The second-order valence-corrected chi connectivity index (χ2v) is 15.9. The Labute approximate surface area is 296 Å². The molecule has 1 saturated carbocycles. The third-order valence-electron chi connectivity index (χ3n) is 10.3. The van der Waals surface area contributed by atoms with E-state index in [9.17, 15) is 28.8 Å². The summed E-state index contributed by atoms with van der Waals surface area (Å²) < 4.78 is 5.69. The number of hydrogen-bond donors (Lipinski definition) is 4. The first kappa shape index (κ1) is 40.2. The predicted molar refractivity (Wildman–Crippen MR) is 190 cm³/mol. The number of benzene rings is 1. The Balaban J connectivity index is 1.84. The number of allylic oxidation sites excluding steroid dienone is 1. The molecule has 1 saturated heterocycles. The molecule has 1 aliphatic carbocycles. The summed E-state index contributed by atoms with van der Waals surface area (Å²) in [6.45, 7) is 18.8. The van der Waals surface area contributed by atoms with Gasteiger partial charge in [0.15, 0.2) is 0 Å². The van der Waals surface area contributed by atoms with Gasteiger partial charge in [0.1, 0.15) is 24.2 Å². The number of carbonyl (C=O) groups excluding carboxylic acids is 6. The van der Waals surface area contributed by atoms with Crippen LogP contribution in [0.15, 0.2) is 43.0 Å². The van der Waals surface area contributed by atoms with Crippen LogP contribution in [-0.4, -0.2) is 71.1 Å². The fraction of sp³-hybridized carbons (Fsp3) is 0.632. The second kappa shape index (κ2) is 16.7. The smallest absolute Gasteiger partial charge is 0.329 e. The first-order chi connectivity index (χ1) is 23.3. The van der Waals surface area contributed by atoms with E-state index in [0.29, 0.717) is 6.42 Å². The number of nitrogens with one attached hydrogen (secondary N) is 3. The number of carbonyl (C=O) groups is 6. The maximum absolute atomic E-state index is 14.5. The normalized spacial score (nSPS) is 20.5. The lowest BCUT2D eigenvalue weighted by Gasteiger charge is -2.36. The Morgan fingerprint density at radius 3 is 2.10 bits per heavy atom. The van der Waals surface area contributed by atoms with Crippen LogP contribution in [-0.2, 0) is 28.7 Å². The highest BCUT2D eigenvalue weighted by Crippen LogP contribution is 2.39. The van der Waals surface area contributed by atoms with Gasteiger partial charge in [-0.25, -0.2) is 9.59 Å². The van der Waals surface area contributed by atoms with Crippen molar-refractivity contribution >= 4 is 35.5 Å². The maximum atomic E-state index is 14.5. The molecular formula is C38H57N5O7. The topological polar surface area (TPSA) is 177 Å². The monoisotopic (exact) mass is 695 g/mol. The number of likely N-dealkylation sites (tertiary alicyclic amines) is 1. The standard InChI is InChI=1S/C38H57N5O7/c1-10-38(8,9)26-20-28(33(46)40-27(30(44)32(39)45)19-24-15-14-16-24)43(21-26)34(47)31(37(5,6)7)42-36(49)41-29(22(2)3)35(48)50-23(4)25-17-12-11-13-18-25/h10-13,17-18,22-24,26-29,31H,1,14-16,19-21H2,2-9H3,(H2,39,45)(H,40,46)(H2,41,42,49)/t23-,26-,27?,28+,29+,31-/m1/s1. The molecule has 1 aromatic rings. The van der Waals surface area contributed by atoms with Crippen LogP contribution >= 0.6 is 0 Å². The van der Waals surface area contributed by atoms with E-state index in [1.54, 1.807) is 47.6 Å². The minimum Gasteiger partial charge on any atom is -0.456 e. The minimum absolute atomic E-state index is 0.169. The lowest BCUT2D eigenvalue weighted by atomic mass is 9.77. The number of primary amides is 1. The molecule has 12 nitrogen and oxygen atoms in total. The van der Waals surface area contributed by atoms with Crippen LogP contribution in [0.5, 0.6) is 0 Å². The van der Waals surface area contributed by atoms with Crippen LogP contribution < -0.4 is 21.7 Å². The third-order valence-corrected chi connectivity index (χ3v) is 10.3. The summed E-state index contributed by atoms with van der Waals surface area (Å²) in [4.78, 5) is 81.2. The van der Waals surface area contributed by atoms with Gasteiger partial charge in [-0.2, -0.15) is 0 Å². The van der Waals surface area contributed by atoms with Crippen molar-refractivity contribution in [3.8, 4) is 0 Å². The lowest BCUT2D eigenvalue weighted by molar-refractivity contribution is -0.152. The Kier molecular flexibility index (Phi) is 13.4. The molecule has 0 spiro atoms. The van der Waals surface area contributed by atoms with E-state index in [1.807, 2.05) is 44.2 Å². The molecule has 1 unspecified atom stereocenters. The summed E-state index contributed by atoms with van der Waals surface area (Å²) in [5, 5.41) is 8.24. The zero-order valence-corrected chi connectivity index (χ0v) is 30.9. The first-order valence-corrected chi connectivity index (χ1v) is 17.7. The van der Waals surface area contributed by atoms with Crippen LogP contribution in [0.4, 0.5) is 4.79 Å². The van der Waals surface area contributed by atoms with Crippen molar-refractivity contribution in [2.24, 2.45) is 34.3 Å². The fourth-order valence-electron chi connectivity index (χ4n) is 6.43. The van der Waals surface area contributed by atoms with E-state index in [-0.39, 0.29) is 30.7 Å². The van der Waals surface area contributed by atoms with Crippen molar-refractivity contribution in [2.45, 2.75) is 118 Å². The molecular weight excluding hydrogens is 638 g/mol. The average Bonchev–Trinajstić information content (AvgIpc) is 3.49. The highest BCUT2D eigenvalue weighted by Gasteiger charge is 2.48. The van der Waals surface area contributed by atoms with Gasteiger partial charge in [-0.3, -0.25) is 19.2 Å². The number of Topliss-reactive ketones (excluding diaryl/α,β-unsaturated/α-hetero) is 1. The van der Waals surface area contributed by atoms with Crippen molar-refractivity contribution in [3.05, 3.63) is 48.6 Å². The quantitative estimate of drug-likeness (QED) is 0.121. The molecule has 6 atom stereocenters. The van der Waals surface area contributed by atoms with Crippen LogP contribution in [0, 0.1) is 28.6 Å². The molecule has 2 fully saturated rings. The van der Waals surface area contributed by atoms with Crippen molar-refractivity contribution in [1.29, 1.82) is 0 Å². The zero-order chi connectivity index (χ0) is 37.6. The van der Waals surface area contributed by atoms with E-state index in [0.717, 1.165) is 24.8 Å². The van der Waals surface area contributed by atoms with Gasteiger partial charge in [0.2, 0.25) is 17.6 Å². The Morgan fingerprint density at radius 2 is 1.60 bits per heavy atom. The van der Waals surface area contributed by atoms with Crippen LogP contribution in [0.3, 0.4) is 0 Å². The number of esters is 1. The highest BCUT2D eigenvalue weighted by molar-refractivity contribution is 6.37. The minimum atomic E-state index is -1.12. The zero-order valence-electron chi connectivity index (χ0n) is 30.9. The molecule has 5 N–H and O–H groups in total. The fourth-order valence-corrected chi connectivity index (χ4v) is 6.43. The third kappa shape index (κ3) is 10.2. The van der Waals surface area contributed by atoms with Crippen molar-refractivity contribution in [1.82, 2.24) is 20.9 Å². The lowest BCUT2D eigenvalue weighted by Crippen LogP contribution is -2.61. The number of rotatable bonds is 15. The summed E-state index contributed by atoms with van der Waals surface area (Å²) >= 11 is 0. The largest absolute Gasteiger partial charge is 0.456 e. The molecule has 3 rings (SSSR count). The molecule has 5 amide bonds. The summed E-state index contributed by atoms with van der Waals surface area (Å²) in [5.41, 5.74) is 4.88. The number of ether oxygens (including phenoxy) is 1. The van der Waals surface area contributed by atoms with Crippen LogP contribution in [0.2, 0.25) is 0 Å². The Bertz CT molecular complexity index is 1420. The summed E-state index contributed by atoms with van der Waals surface area (Å²) in [7, 11) is 0. The average molecular weight is 696 g/mol. The van der Waals surface area contributed by atoms with Gasteiger partial charge in [0, 0.05) is 6.54 Å². The number of nitrogens with two attached hydrogens (primary N) is 1.